The lowest BCUT2D eigenvalue weighted by molar-refractivity contribution is -0.140. The van der Waals surface area contributed by atoms with Crippen LogP contribution in [0.1, 0.15) is 13.0 Å². The van der Waals surface area contributed by atoms with E-state index in [1.165, 1.54) is 0 Å². The largest absolute Gasteiger partial charge is 0.480 e. The Kier molecular flexibility index (Phi) is 1.96. The van der Waals surface area contributed by atoms with Gasteiger partial charge in [0.1, 0.15) is 6.04 Å². The number of hydrogen-bond acceptors (Lipinski definition) is 2. The summed E-state index contributed by atoms with van der Waals surface area (Å²) in [5.74, 6) is -0.846. The maximum Gasteiger partial charge on any atom is 0.326 e. The monoisotopic (exact) mass is 190 g/mol. The van der Waals surface area contributed by atoms with Crippen LogP contribution in [0.5, 0.6) is 0 Å². The number of rotatable bonds is 2. The predicted molar refractivity (Wildman–Crippen MR) is 51.2 cm³/mol. The van der Waals surface area contributed by atoms with Gasteiger partial charge in [0.25, 0.3) is 0 Å². The summed E-state index contributed by atoms with van der Waals surface area (Å²) in [5.41, 5.74) is 1.85. The van der Waals surface area contributed by atoms with Crippen molar-refractivity contribution in [3.8, 4) is 11.3 Å². The van der Waals surface area contributed by atoms with Crippen LogP contribution in [0.2, 0.25) is 0 Å². The van der Waals surface area contributed by atoms with E-state index < -0.39 is 12.0 Å². The lowest BCUT2D eigenvalue weighted by atomic mass is 10.2. The molecular weight excluding hydrogens is 180 g/mol. The first-order valence-corrected chi connectivity index (χ1v) is 4.33. The van der Waals surface area contributed by atoms with Crippen molar-refractivity contribution in [3.63, 3.8) is 0 Å². The highest BCUT2D eigenvalue weighted by molar-refractivity contribution is 5.71. The summed E-state index contributed by atoms with van der Waals surface area (Å²) in [6.45, 7) is 1.64. The second-order valence-electron chi connectivity index (χ2n) is 3.19. The fraction of sp³-hybridized carbons (Fsp3) is 0.200. The molecule has 0 saturated heterocycles. The minimum Gasteiger partial charge on any atom is -0.480 e. The number of carboxylic acid groups (broad SMARTS) is 1. The van der Waals surface area contributed by atoms with Crippen LogP contribution in [0.25, 0.3) is 11.3 Å². The zero-order valence-corrected chi connectivity index (χ0v) is 7.71. The number of pyridine rings is 1. The SMILES string of the molecule is CC(C(=O)O)n1ccc2ccnc-2c1. The molecule has 1 atom stereocenters. The summed E-state index contributed by atoms with van der Waals surface area (Å²) in [6.07, 6.45) is 5.21. The minimum absolute atomic E-state index is 0.559. The van der Waals surface area contributed by atoms with E-state index >= 15 is 0 Å². The lowest BCUT2D eigenvalue weighted by Gasteiger charge is -2.12. The van der Waals surface area contributed by atoms with Crippen molar-refractivity contribution >= 4 is 5.97 Å². The molecule has 4 nitrogen and oxygen atoms in total. The third-order valence-corrected chi connectivity index (χ3v) is 2.27. The van der Waals surface area contributed by atoms with Crippen molar-refractivity contribution in [2.24, 2.45) is 0 Å². The summed E-state index contributed by atoms with van der Waals surface area (Å²) in [7, 11) is 0. The Labute approximate surface area is 81.2 Å². The summed E-state index contributed by atoms with van der Waals surface area (Å²) < 4.78 is 1.64. The van der Waals surface area contributed by atoms with Crippen LogP contribution in [0, 0.1) is 0 Å². The maximum absolute atomic E-state index is 10.7. The zero-order valence-electron chi connectivity index (χ0n) is 7.71. The molecular formula is C10H10N2O2. The topological polar surface area (TPSA) is 55.1 Å². The smallest absolute Gasteiger partial charge is 0.326 e. The van der Waals surface area contributed by atoms with Gasteiger partial charge in [-0.15, -0.1) is 0 Å². The van der Waals surface area contributed by atoms with Gasteiger partial charge in [0.2, 0.25) is 0 Å². The summed E-state index contributed by atoms with van der Waals surface area (Å²) in [5, 5.41) is 8.82. The van der Waals surface area contributed by atoms with E-state index in [0.717, 1.165) is 11.3 Å². The molecule has 0 aromatic heterocycles. The zero-order chi connectivity index (χ0) is 10.1. The van der Waals surface area contributed by atoms with Crippen molar-refractivity contribution in [2.45, 2.75) is 13.0 Å². The molecule has 0 aromatic carbocycles. The normalized spacial score (nSPS) is 12.9. The molecule has 0 fully saturated rings. The standard InChI is InChI=1S/C10H10N2O2/c1-7(10(13)14)12-5-3-8-2-4-11-9(8)6-12/h2-7H,1H3,(H,13,14). The van der Waals surface area contributed by atoms with Gasteiger partial charge in [-0.3, -0.25) is 4.98 Å². The van der Waals surface area contributed by atoms with E-state index in [2.05, 4.69) is 4.98 Å². The van der Waals surface area contributed by atoms with Gasteiger partial charge >= 0.3 is 5.97 Å². The summed E-state index contributed by atoms with van der Waals surface area (Å²) >= 11 is 0. The van der Waals surface area contributed by atoms with Crippen molar-refractivity contribution in [1.82, 2.24) is 9.55 Å². The number of nitrogens with zero attached hydrogens (tertiary/aromatic N) is 2. The van der Waals surface area contributed by atoms with Gasteiger partial charge in [-0.2, -0.15) is 0 Å². The molecule has 0 aliphatic carbocycles. The Morgan fingerprint density at radius 3 is 3.07 bits per heavy atom. The predicted octanol–water partition coefficient (Wildman–Crippen LogP) is 1.63. The van der Waals surface area contributed by atoms with Crippen LogP contribution in [0.15, 0.2) is 30.7 Å². The Bertz CT molecular complexity index is 436. The first kappa shape index (κ1) is 8.74. The second kappa shape index (κ2) is 3.14. The van der Waals surface area contributed by atoms with Gasteiger partial charge in [0.05, 0.1) is 5.69 Å². The van der Waals surface area contributed by atoms with Crippen LogP contribution < -0.4 is 0 Å². The molecule has 1 N–H and O–H groups in total. The van der Waals surface area contributed by atoms with E-state index in [9.17, 15) is 4.79 Å². The second-order valence-corrected chi connectivity index (χ2v) is 3.19. The molecule has 1 unspecified atom stereocenters. The number of carboxylic acids is 1. The molecule has 2 aliphatic rings. The summed E-state index contributed by atoms with van der Waals surface area (Å²) in [4.78, 5) is 14.8. The van der Waals surface area contributed by atoms with Gasteiger partial charge in [-0.25, -0.2) is 4.79 Å². The molecule has 2 heterocycles. The number of hydrogen-bond donors (Lipinski definition) is 1. The molecule has 2 aliphatic heterocycles. The average Bonchev–Trinajstić information content (AvgIpc) is 2.62. The minimum atomic E-state index is -0.846. The molecule has 14 heavy (non-hydrogen) atoms. The van der Waals surface area contributed by atoms with Crippen LogP contribution in [0.3, 0.4) is 0 Å². The van der Waals surface area contributed by atoms with Crippen LogP contribution in [-0.2, 0) is 4.79 Å². The van der Waals surface area contributed by atoms with Crippen molar-refractivity contribution in [2.75, 3.05) is 0 Å². The van der Waals surface area contributed by atoms with Crippen molar-refractivity contribution < 1.29 is 9.90 Å². The Morgan fingerprint density at radius 1 is 1.57 bits per heavy atom. The number of aliphatic carboxylic acids is 1. The number of fused-ring (bicyclic) bond motifs is 1. The van der Waals surface area contributed by atoms with Gasteiger partial charge in [0, 0.05) is 24.2 Å². The molecule has 72 valence electrons. The van der Waals surface area contributed by atoms with Gasteiger partial charge in [-0.1, -0.05) is 0 Å². The highest BCUT2D eigenvalue weighted by atomic mass is 16.4. The van der Waals surface area contributed by atoms with E-state index in [-0.39, 0.29) is 0 Å². The molecule has 0 aromatic rings. The maximum atomic E-state index is 10.7. The Hall–Kier alpha value is -1.84. The van der Waals surface area contributed by atoms with E-state index in [1.807, 2.05) is 12.1 Å². The first-order valence-electron chi connectivity index (χ1n) is 4.33. The van der Waals surface area contributed by atoms with Gasteiger partial charge in [-0.05, 0) is 19.1 Å². The van der Waals surface area contributed by atoms with Crippen LogP contribution in [-0.4, -0.2) is 20.6 Å². The Balaban J connectivity index is 2.45. The molecule has 0 amide bonds. The van der Waals surface area contributed by atoms with E-state index in [0.29, 0.717) is 0 Å². The molecule has 2 rings (SSSR count). The van der Waals surface area contributed by atoms with Crippen LogP contribution >= 0.6 is 0 Å². The average molecular weight is 190 g/mol. The summed E-state index contributed by atoms with van der Waals surface area (Å²) in [6, 6.07) is 3.20. The van der Waals surface area contributed by atoms with Crippen molar-refractivity contribution in [3.05, 3.63) is 30.7 Å². The highest BCUT2D eigenvalue weighted by Crippen LogP contribution is 2.20. The number of carbonyl (C=O) groups is 1. The quantitative estimate of drug-likeness (QED) is 0.783. The fourth-order valence-electron chi connectivity index (χ4n) is 1.33. The molecule has 0 saturated carbocycles. The van der Waals surface area contributed by atoms with Gasteiger partial charge in [0.15, 0.2) is 0 Å². The molecule has 4 heteroatoms. The lowest BCUT2D eigenvalue weighted by Crippen LogP contribution is -2.15. The van der Waals surface area contributed by atoms with Crippen molar-refractivity contribution in [1.29, 1.82) is 0 Å². The third kappa shape index (κ3) is 1.35. The third-order valence-electron chi connectivity index (χ3n) is 2.27. The molecule has 0 spiro atoms. The fourth-order valence-corrected chi connectivity index (χ4v) is 1.33. The molecule has 0 bridgehead atoms. The van der Waals surface area contributed by atoms with Gasteiger partial charge < -0.3 is 9.67 Å². The Morgan fingerprint density at radius 2 is 2.36 bits per heavy atom. The first-order chi connectivity index (χ1) is 6.68. The van der Waals surface area contributed by atoms with E-state index in [4.69, 9.17) is 5.11 Å². The highest BCUT2D eigenvalue weighted by Gasteiger charge is 2.13. The number of aromatic nitrogens is 2. The molecule has 0 radical (unpaired) electrons. The van der Waals surface area contributed by atoms with Crippen LogP contribution in [0.4, 0.5) is 0 Å². The van der Waals surface area contributed by atoms with E-state index in [1.54, 1.807) is 30.1 Å².